The molecule has 6 heteroatoms. The molecule has 1 N–H and O–H groups in total. The van der Waals surface area contributed by atoms with Crippen molar-refractivity contribution in [1.82, 2.24) is 10.2 Å². The van der Waals surface area contributed by atoms with Crippen LogP contribution < -0.4 is 5.32 Å². The van der Waals surface area contributed by atoms with E-state index in [1.807, 2.05) is 29.6 Å². The molecule has 31 heavy (non-hydrogen) atoms. The van der Waals surface area contributed by atoms with Crippen molar-refractivity contribution in [1.29, 1.82) is 0 Å². The average molecular weight is 435 g/mol. The van der Waals surface area contributed by atoms with Gasteiger partial charge >= 0.3 is 0 Å². The summed E-state index contributed by atoms with van der Waals surface area (Å²) in [6.07, 6.45) is 5.02. The molecule has 160 valence electrons. The lowest BCUT2D eigenvalue weighted by atomic mass is 9.85. The molecule has 0 spiro atoms. The van der Waals surface area contributed by atoms with Gasteiger partial charge in [-0.25, -0.2) is 0 Å². The van der Waals surface area contributed by atoms with E-state index in [0.717, 1.165) is 16.9 Å². The second-order valence-corrected chi connectivity index (χ2v) is 10.1. The predicted octanol–water partition coefficient (Wildman–Crippen LogP) is 3.88. The zero-order valence-corrected chi connectivity index (χ0v) is 18.5. The van der Waals surface area contributed by atoms with Gasteiger partial charge in [-0.15, -0.1) is 11.3 Å². The summed E-state index contributed by atoms with van der Waals surface area (Å²) >= 11 is 1.57. The minimum atomic E-state index is -0.312. The van der Waals surface area contributed by atoms with Gasteiger partial charge in [0, 0.05) is 4.88 Å². The van der Waals surface area contributed by atoms with Crippen LogP contribution in [0.5, 0.6) is 0 Å². The first-order valence-electron chi connectivity index (χ1n) is 10.9. The van der Waals surface area contributed by atoms with E-state index in [1.165, 1.54) is 10.5 Å². The van der Waals surface area contributed by atoms with Crippen LogP contribution >= 0.6 is 11.3 Å². The van der Waals surface area contributed by atoms with E-state index in [0.29, 0.717) is 5.92 Å². The molecule has 5 atom stereocenters. The Balaban J connectivity index is 1.33. The maximum atomic E-state index is 13.0. The van der Waals surface area contributed by atoms with Gasteiger partial charge in [0.25, 0.3) is 0 Å². The number of rotatable bonds is 6. The predicted molar refractivity (Wildman–Crippen MR) is 119 cm³/mol. The Morgan fingerprint density at radius 3 is 2.19 bits per heavy atom. The van der Waals surface area contributed by atoms with Crippen molar-refractivity contribution in [3.05, 3.63) is 69.9 Å². The fourth-order valence-corrected chi connectivity index (χ4v) is 6.12. The first-order chi connectivity index (χ1) is 14.9. The van der Waals surface area contributed by atoms with Crippen molar-refractivity contribution < 1.29 is 14.4 Å². The van der Waals surface area contributed by atoms with E-state index < -0.39 is 0 Å². The first kappa shape index (κ1) is 20.2. The summed E-state index contributed by atoms with van der Waals surface area (Å²) in [5.74, 6) is -0.491. The first-order valence-corrected chi connectivity index (χ1v) is 11.8. The summed E-state index contributed by atoms with van der Waals surface area (Å²) in [4.78, 5) is 41.0. The molecule has 1 saturated heterocycles. The average Bonchev–Trinajstić information content (AvgIpc) is 3.54. The third kappa shape index (κ3) is 3.43. The standard InChI is InChI=1S/C25H26N2O3S/c1-14(2)15-5-7-16(8-6-15)23(19-4-3-11-31-19)26-20(28)13-27-24(29)21-17-9-10-18(12-17)22(21)25(27)30/h3-11,14,17-18,21-23H,12-13H2,1-2H3,(H,26,28). The van der Waals surface area contributed by atoms with Crippen LogP contribution in [0.3, 0.4) is 0 Å². The molecular formula is C25H26N2O3S. The molecule has 1 saturated carbocycles. The van der Waals surface area contributed by atoms with Gasteiger partial charge in [-0.1, -0.05) is 56.3 Å². The third-order valence-corrected chi connectivity index (χ3v) is 7.87. The third-order valence-electron chi connectivity index (χ3n) is 6.93. The van der Waals surface area contributed by atoms with Crippen LogP contribution in [0.25, 0.3) is 0 Å². The Hall–Kier alpha value is -2.73. The normalized spacial score (nSPS) is 27.3. The number of nitrogens with zero attached hydrogens (tertiary/aromatic N) is 1. The summed E-state index contributed by atoms with van der Waals surface area (Å²) in [5, 5.41) is 5.05. The smallest absolute Gasteiger partial charge is 0.240 e. The number of hydrogen-bond acceptors (Lipinski definition) is 4. The van der Waals surface area contributed by atoms with Crippen molar-refractivity contribution in [3.8, 4) is 0 Å². The van der Waals surface area contributed by atoms with E-state index in [2.05, 4.69) is 43.4 Å². The molecule has 0 radical (unpaired) electrons. The lowest BCUT2D eigenvalue weighted by Crippen LogP contribution is -2.43. The monoisotopic (exact) mass is 434 g/mol. The van der Waals surface area contributed by atoms with Crippen LogP contribution in [-0.2, 0) is 14.4 Å². The lowest BCUT2D eigenvalue weighted by Gasteiger charge is -2.22. The van der Waals surface area contributed by atoms with Crippen molar-refractivity contribution in [3.63, 3.8) is 0 Å². The van der Waals surface area contributed by atoms with Crippen molar-refractivity contribution in [2.24, 2.45) is 23.7 Å². The number of likely N-dealkylation sites (tertiary alicyclic amines) is 1. The molecule has 1 aliphatic heterocycles. The Labute approximate surface area is 186 Å². The van der Waals surface area contributed by atoms with Crippen LogP contribution in [0.15, 0.2) is 53.9 Å². The number of carbonyl (C=O) groups is 3. The fraction of sp³-hybridized carbons (Fsp3) is 0.400. The second kappa shape index (κ2) is 7.75. The number of amides is 3. The largest absolute Gasteiger partial charge is 0.343 e. The molecule has 1 aromatic heterocycles. The summed E-state index contributed by atoms with van der Waals surface area (Å²) in [7, 11) is 0. The molecular weight excluding hydrogens is 408 g/mol. The number of benzene rings is 1. The molecule has 5 nitrogen and oxygen atoms in total. The molecule has 2 heterocycles. The van der Waals surface area contributed by atoms with Gasteiger partial charge in [0.15, 0.2) is 0 Å². The van der Waals surface area contributed by atoms with E-state index in [4.69, 9.17) is 0 Å². The van der Waals surface area contributed by atoms with E-state index >= 15 is 0 Å². The van der Waals surface area contributed by atoms with E-state index in [-0.39, 0.29) is 54.0 Å². The highest BCUT2D eigenvalue weighted by molar-refractivity contribution is 7.10. The number of hydrogen-bond donors (Lipinski definition) is 1. The highest BCUT2D eigenvalue weighted by atomic mass is 32.1. The Morgan fingerprint density at radius 1 is 1.03 bits per heavy atom. The molecule has 5 unspecified atom stereocenters. The van der Waals surface area contributed by atoms with Gasteiger partial charge in [-0.05, 0) is 46.7 Å². The van der Waals surface area contributed by atoms with Crippen LogP contribution in [-0.4, -0.2) is 29.2 Å². The minimum absolute atomic E-state index is 0.151. The quantitative estimate of drug-likeness (QED) is 0.554. The summed E-state index contributed by atoms with van der Waals surface area (Å²) in [6.45, 7) is 4.08. The molecule has 2 aromatic rings. The SMILES string of the molecule is CC(C)c1ccc(C(NC(=O)CN2C(=O)C3C4C=CC(C4)C3C2=O)c2cccs2)cc1. The minimum Gasteiger partial charge on any atom is -0.343 e. The van der Waals surface area contributed by atoms with Gasteiger partial charge < -0.3 is 5.32 Å². The summed E-state index contributed by atoms with van der Waals surface area (Å²) in [6, 6.07) is 11.9. The van der Waals surface area contributed by atoms with Crippen molar-refractivity contribution >= 4 is 29.1 Å². The van der Waals surface area contributed by atoms with Crippen LogP contribution in [0.2, 0.25) is 0 Å². The second-order valence-electron chi connectivity index (χ2n) is 9.10. The van der Waals surface area contributed by atoms with E-state index in [9.17, 15) is 14.4 Å². The Morgan fingerprint density at radius 2 is 1.65 bits per heavy atom. The van der Waals surface area contributed by atoms with Gasteiger partial charge in [-0.3, -0.25) is 19.3 Å². The topological polar surface area (TPSA) is 66.5 Å². The Bertz CT molecular complexity index is 1010. The van der Waals surface area contributed by atoms with Crippen LogP contribution in [0.4, 0.5) is 0 Å². The molecule has 2 fully saturated rings. The fourth-order valence-electron chi connectivity index (χ4n) is 5.32. The van der Waals surface area contributed by atoms with Gasteiger partial charge in [0.1, 0.15) is 6.54 Å². The molecule has 1 aromatic carbocycles. The summed E-state index contributed by atoms with van der Waals surface area (Å²) < 4.78 is 0. The number of thiophene rings is 1. The molecule has 2 bridgehead atoms. The highest BCUT2D eigenvalue weighted by Crippen LogP contribution is 2.52. The molecule has 5 rings (SSSR count). The van der Waals surface area contributed by atoms with Crippen LogP contribution in [0, 0.1) is 23.7 Å². The zero-order valence-electron chi connectivity index (χ0n) is 17.7. The maximum absolute atomic E-state index is 13.0. The molecule has 3 aliphatic rings. The number of carbonyl (C=O) groups excluding carboxylic acids is 3. The Kier molecular flexibility index (Phi) is 5.05. The lowest BCUT2D eigenvalue weighted by molar-refractivity contribution is -0.144. The van der Waals surface area contributed by atoms with Gasteiger partial charge in [0.2, 0.25) is 17.7 Å². The van der Waals surface area contributed by atoms with Crippen molar-refractivity contribution in [2.45, 2.75) is 32.2 Å². The zero-order chi connectivity index (χ0) is 21.7. The highest BCUT2D eigenvalue weighted by Gasteiger charge is 2.59. The maximum Gasteiger partial charge on any atom is 0.240 e. The molecule has 2 aliphatic carbocycles. The number of imide groups is 1. The van der Waals surface area contributed by atoms with Crippen LogP contribution in [0.1, 0.15) is 48.2 Å². The van der Waals surface area contributed by atoms with E-state index in [1.54, 1.807) is 11.3 Å². The number of nitrogens with one attached hydrogen (secondary N) is 1. The summed E-state index contributed by atoms with van der Waals surface area (Å²) in [5.41, 5.74) is 2.22. The number of fused-ring (bicyclic) bond motifs is 5. The van der Waals surface area contributed by atoms with Gasteiger partial charge in [0.05, 0.1) is 17.9 Å². The molecule has 3 amide bonds. The number of allylic oxidation sites excluding steroid dienone is 2. The van der Waals surface area contributed by atoms with Gasteiger partial charge in [-0.2, -0.15) is 0 Å². The van der Waals surface area contributed by atoms with Crippen molar-refractivity contribution in [2.75, 3.05) is 6.54 Å².